The van der Waals surface area contributed by atoms with Gasteiger partial charge in [-0.2, -0.15) is 0 Å². The molecular weight excluding hydrogens is 640 g/mol. The summed E-state index contributed by atoms with van der Waals surface area (Å²) >= 11 is 3.50. The number of Topliss-reactive ketones (excluding diaryl/α,β-unsaturated/α-hetero) is 4. The highest BCUT2D eigenvalue weighted by atomic mass is 79.9. The van der Waals surface area contributed by atoms with Crippen LogP contribution in [0, 0.1) is 23.7 Å². The van der Waals surface area contributed by atoms with E-state index in [1.807, 2.05) is 0 Å². The van der Waals surface area contributed by atoms with E-state index >= 15 is 0 Å². The molecule has 0 saturated heterocycles. The molecule has 0 aliphatic heterocycles. The average Bonchev–Trinajstić information content (AvgIpc) is 3.11. The van der Waals surface area contributed by atoms with E-state index in [4.69, 9.17) is 0 Å². The predicted molar refractivity (Wildman–Crippen MR) is 180 cm³/mol. The molecule has 5 atom stereocenters. The molecule has 0 unspecified atom stereocenters. The van der Waals surface area contributed by atoms with Gasteiger partial charge < -0.3 is 5.11 Å². The molecular formula is C40H31BrO5. The molecule has 46 heavy (non-hydrogen) atoms. The van der Waals surface area contributed by atoms with Crippen LogP contribution in [0.1, 0.15) is 53.4 Å². The van der Waals surface area contributed by atoms with Crippen molar-refractivity contribution in [2.24, 2.45) is 23.7 Å². The Hall–Kier alpha value is -4.78. The van der Waals surface area contributed by atoms with Gasteiger partial charge in [0.1, 0.15) is 5.60 Å². The summed E-state index contributed by atoms with van der Waals surface area (Å²) in [6.07, 6.45) is -0.243. The minimum Gasteiger partial charge on any atom is -0.384 e. The number of hydrogen-bond donors (Lipinski definition) is 1. The highest BCUT2D eigenvalue weighted by molar-refractivity contribution is 9.10. The van der Waals surface area contributed by atoms with Crippen molar-refractivity contribution in [1.82, 2.24) is 0 Å². The van der Waals surface area contributed by atoms with Gasteiger partial charge >= 0.3 is 0 Å². The Morgan fingerprint density at radius 1 is 0.522 bits per heavy atom. The smallest absolute Gasteiger partial charge is 0.169 e. The Morgan fingerprint density at radius 3 is 1.48 bits per heavy atom. The van der Waals surface area contributed by atoms with E-state index in [1.165, 1.54) is 0 Å². The highest BCUT2D eigenvalue weighted by Gasteiger charge is 2.61. The van der Waals surface area contributed by atoms with Gasteiger partial charge in [0.2, 0.25) is 0 Å². The number of hydrogen-bond acceptors (Lipinski definition) is 5. The number of aliphatic hydroxyl groups is 1. The summed E-state index contributed by atoms with van der Waals surface area (Å²) in [4.78, 5) is 59.0. The van der Waals surface area contributed by atoms with Crippen molar-refractivity contribution in [2.75, 3.05) is 0 Å². The monoisotopic (exact) mass is 670 g/mol. The van der Waals surface area contributed by atoms with Gasteiger partial charge in [0.05, 0.1) is 5.92 Å². The molecule has 5 aromatic rings. The van der Waals surface area contributed by atoms with Gasteiger partial charge in [-0.05, 0) is 18.1 Å². The van der Waals surface area contributed by atoms with Crippen LogP contribution in [0.4, 0.5) is 0 Å². The maximum absolute atomic E-state index is 14.9. The molecule has 0 bridgehead atoms. The number of benzene rings is 5. The zero-order valence-corrected chi connectivity index (χ0v) is 26.4. The summed E-state index contributed by atoms with van der Waals surface area (Å²) in [6, 6.07) is 41.1. The molecule has 228 valence electrons. The van der Waals surface area contributed by atoms with Crippen LogP contribution in [0.25, 0.3) is 0 Å². The standard InChI is InChI=1S/C40H31BrO5/c41-32-24-14-13-23-30(32)39(45)33-31(36(42)26-15-5-1-6-16-26)25-40(46,29-21-11-4-12-22-29)35(38(44)28-19-9-3-10-20-28)34(33)37(43)27-17-7-2-8-18-27/h1-24,31,33-35,46H,25H2/t31-,33-,34+,35+,40+/m1/s1. The van der Waals surface area contributed by atoms with E-state index in [1.54, 1.807) is 146 Å². The number of rotatable bonds is 9. The Kier molecular flexibility index (Phi) is 9.02. The average molecular weight is 672 g/mol. The van der Waals surface area contributed by atoms with Crippen LogP contribution in [0.15, 0.2) is 150 Å². The molecule has 1 saturated carbocycles. The summed E-state index contributed by atoms with van der Waals surface area (Å²) in [5.74, 6) is -6.95. The van der Waals surface area contributed by atoms with Crippen LogP contribution in [0.2, 0.25) is 0 Å². The first kappa shape index (κ1) is 31.2. The number of ketones is 4. The quantitative estimate of drug-likeness (QED) is 0.160. The lowest BCUT2D eigenvalue weighted by Crippen LogP contribution is -2.58. The maximum Gasteiger partial charge on any atom is 0.169 e. The zero-order valence-electron chi connectivity index (χ0n) is 24.8. The van der Waals surface area contributed by atoms with Gasteiger partial charge in [-0.25, -0.2) is 0 Å². The van der Waals surface area contributed by atoms with Crippen molar-refractivity contribution < 1.29 is 24.3 Å². The van der Waals surface area contributed by atoms with Crippen LogP contribution in [-0.4, -0.2) is 28.2 Å². The topological polar surface area (TPSA) is 88.5 Å². The lowest BCUT2D eigenvalue weighted by atomic mass is 9.52. The van der Waals surface area contributed by atoms with Crippen LogP contribution in [0.3, 0.4) is 0 Å². The van der Waals surface area contributed by atoms with E-state index in [9.17, 15) is 24.3 Å². The Bertz CT molecular complexity index is 1870. The van der Waals surface area contributed by atoms with Crippen molar-refractivity contribution >= 4 is 39.1 Å². The summed E-state index contributed by atoms with van der Waals surface area (Å²) < 4.78 is 0.506. The first-order chi connectivity index (χ1) is 22.3. The van der Waals surface area contributed by atoms with Gasteiger partial charge in [-0.1, -0.05) is 155 Å². The lowest BCUT2D eigenvalue weighted by molar-refractivity contribution is -0.0846. The molecule has 5 nitrogen and oxygen atoms in total. The Balaban J connectivity index is 1.65. The molecule has 1 fully saturated rings. The summed E-state index contributed by atoms with van der Waals surface area (Å²) in [5.41, 5.74) is -0.345. The lowest BCUT2D eigenvalue weighted by Gasteiger charge is -2.50. The zero-order chi connectivity index (χ0) is 32.3. The van der Waals surface area contributed by atoms with Crippen molar-refractivity contribution in [2.45, 2.75) is 12.0 Å². The third-order valence-electron chi connectivity index (χ3n) is 9.04. The van der Waals surface area contributed by atoms with Gasteiger partial charge in [0.15, 0.2) is 23.1 Å². The van der Waals surface area contributed by atoms with Crippen molar-refractivity contribution in [3.63, 3.8) is 0 Å². The second-order valence-corrected chi connectivity index (χ2v) is 12.5. The second kappa shape index (κ2) is 13.3. The SMILES string of the molecule is O=C(c1ccccc1)[C@H]1[C@H](C(=O)c2ccccc2Br)[C@H](C(=O)c2ccccc2)C[C@](O)(c2ccccc2)[C@@H]1C(=O)c1ccccc1. The van der Waals surface area contributed by atoms with E-state index in [-0.39, 0.29) is 17.8 Å². The molecule has 0 spiro atoms. The molecule has 6 heteroatoms. The molecule has 0 radical (unpaired) electrons. The first-order valence-electron chi connectivity index (χ1n) is 15.2. The third-order valence-corrected chi connectivity index (χ3v) is 9.73. The third kappa shape index (κ3) is 5.82. The Labute approximate surface area is 276 Å². The number of carbonyl (C=O) groups is 4. The minimum atomic E-state index is -1.97. The van der Waals surface area contributed by atoms with Crippen LogP contribution < -0.4 is 0 Å². The predicted octanol–water partition coefficient (Wildman–Crippen LogP) is 8.04. The van der Waals surface area contributed by atoms with E-state index in [2.05, 4.69) is 15.9 Å². The van der Waals surface area contributed by atoms with Crippen molar-refractivity contribution in [1.29, 1.82) is 0 Å². The maximum atomic E-state index is 14.9. The minimum absolute atomic E-state index is 0.243. The van der Waals surface area contributed by atoms with E-state index < -0.39 is 46.6 Å². The fraction of sp³-hybridized carbons (Fsp3) is 0.150. The normalized spacial score (nSPS) is 22.5. The molecule has 5 aromatic carbocycles. The highest BCUT2D eigenvalue weighted by Crippen LogP contribution is 2.54. The fourth-order valence-electron chi connectivity index (χ4n) is 6.90. The fourth-order valence-corrected chi connectivity index (χ4v) is 7.38. The van der Waals surface area contributed by atoms with Gasteiger partial charge in [-0.3, -0.25) is 19.2 Å². The van der Waals surface area contributed by atoms with Crippen molar-refractivity contribution in [3.8, 4) is 0 Å². The Morgan fingerprint density at radius 2 is 0.957 bits per heavy atom. The van der Waals surface area contributed by atoms with Crippen LogP contribution >= 0.6 is 15.9 Å². The molecule has 1 aliphatic carbocycles. The number of carbonyl (C=O) groups excluding carboxylic acids is 4. The second-order valence-electron chi connectivity index (χ2n) is 11.7. The summed E-state index contributed by atoms with van der Waals surface area (Å²) in [7, 11) is 0. The van der Waals surface area contributed by atoms with Gasteiger partial charge in [0.25, 0.3) is 0 Å². The molecule has 1 aliphatic rings. The van der Waals surface area contributed by atoms with Crippen molar-refractivity contribution in [3.05, 3.63) is 178 Å². The summed E-state index contributed by atoms with van der Waals surface area (Å²) in [5, 5.41) is 12.9. The first-order valence-corrected chi connectivity index (χ1v) is 15.9. The molecule has 1 N–H and O–H groups in total. The van der Waals surface area contributed by atoms with Gasteiger partial charge in [0, 0.05) is 44.5 Å². The van der Waals surface area contributed by atoms with Gasteiger partial charge in [-0.15, -0.1) is 0 Å². The molecule has 0 amide bonds. The van der Waals surface area contributed by atoms with E-state index in [0.29, 0.717) is 26.7 Å². The van der Waals surface area contributed by atoms with Crippen LogP contribution in [0.5, 0.6) is 0 Å². The molecule has 0 aromatic heterocycles. The molecule has 6 rings (SSSR count). The number of halogens is 1. The van der Waals surface area contributed by atoms with E-state index in [0.717, 1.165) is 0 Å². The molecule has 0 heterocycles. The largest absolute Gasteiger partial charge is 0.384 e. The summed E-state index contributed by atoms with van der Waals surface area (Å²) in [6.45, 7) is 0. The van der Waals surface area contributed by atoms with Crippen LogP contribution in [-0.2, 0) is 5.60 Å².